The van der Waals surface area contributed by atoms with E-state index in [1.54, 1.807) is 0 Å². The second-order valence-electron chi connectivity index (χ2n) is 1.91. The largest absolute Gasteiger partial charge is 4.00 e. The molecular formula is C6H12MoN6S12Zn. The minimum atomic E-state index is 0. The van der Waals surface area contributed by atoms with E-state index in [1.807, 2.05) is 0 Å². The van der Waals surface area contributed by atoms with Crippen molar-refractivity contribution >= 4 is 175 Å². The Balaban J connectivity index is -0.0000000245. The first-order valence-electron chi connectivity index (χ1n) is 4.18. The second kappa shape index (κ2) is 45.6. The van der Waals surface area contributed by atoms with E-state index in [2.05, 4.69) is 183 Å². The molecule has 12 N–H and O–H groups in total. The van der Waals surface area contributed by atoms with Crippen molar-refractivity contribution in [3.63, 3.8) is 0 Å². The SMILES string of the molecule is NC(=S)[S-].NC(=S)[S-].NC(=S)[S-].NC(=S)[S-].NC(=S)[S-].NC(=S)[S-].[Mo+4].[Zn+2]. The van der Waals surface area contributed by atoms with Gasteiger partial charge in [-0.25, -0.2) is 0 Å². The Kier molecular flexibility index (Phi) is 89.5. The summed E-state index contributed by atoms with van der Waals surface area (Å²) in [6, 6.07) is 0. The Labute approximate surface area is 246 Å². The van der Waals surface area contributed by atoms with E-state index in [0.717, 1.165) is 0 Å². The van der Waals surface area contributed by atoms with Crippen LogP contribution in [0, 0.1) is 0 Å². The van der Waals surface area contributed by atoms with E-state index in [-0.39, 0.29) is 66.5 Å². The monoisotopic (exact) mass is 714 g/mol. The smallest absolute Gasteiger partial charge is 0.415 e. The van der Waals surface area contributed by atoms with Gasteiger partial charge >= 0.3 is 40.5 Å². The van der Waals surface area contributed by atoms with Gasteiger partial charge in [0.25, 0.3) is 0 Å². The summed E-state index contributed by atoms with van der Waals surface area (Å²) in [6.45, 7) is 0. The number of hydrogen-bond acceptors (Lipinski definition) is 12. The van der Waals surface area contributed by atoms with Crippen LogP contribution in [-0.2, 0) is 116 Å². The molecule has 0 bridgehead atoms. The molecule has 0 amide bonds. The van der Waals surface area contributed by atoms with Crippen LogP contribution in [0.1, 0.15) is 0 Å². The molecule has 0 radical (unpaired) electrons. The topological polar surface area (TPSA) is 156 Å². The first-order valence-corrected chi connectivity index (χ1v) is 9.08. The van der Waals surface area contributed by atoms with Crippen LogP contribution in [0.5, 0.6) is 0 Å². The third kappa shape index (κ3) is 4170. The van der Waals surface area contributed by atoms with Crippen LogP contribution < -0.4 is 34.4 Å². The van der Waals surface area contributed by atoms with Gasteiger partial charge in [0, 0.05) is 0 Å². The molecule has 0 unspecified atom stereocenters. The van der Waals surface area contributed by atoms with Gasteiger partial charge in [0.2, 0.25) is 0 Å². The standard InChI is InChI=1S/6CH3NS2.Mo.Zn/c6*2-1(3)4;;/h6*(H3,2,3,4);;/q;;;;;;+4;+2/p-6. The van der Waals surface area contributed by atoms with Crippen LogP contribution in [0.4, 0.5) is 0 Å². The molecule has 0 aromatic heterocycles. The third-order valence-electron chi connectivity index (χ3n) is 0. The van der Waals surface area contributed by atoms with Gasteiger partial charge in [0.05, 0.1) is 0 Å². The Morgan fingerprint density at radius 2 is 0.385 bits per heavy atom. The maximum Gasteiger partial charge on any atom is 4.00 e. The average molecular weight is 714 g/mol. The fourth-order valence-electron chi connectivity index (χ4n) is 0. The maximum absolute atomic E-state index is 4.66. The summed E-state index contributed by atoms with van der Waals surface area (Å²) in [4.78, 5) is 0. The molecule has 146 valence electrons. The Hall–Kier alpha value is 1.97. The minimum absolute atomic E-state index is 0. The second-order valence-corrected chi connectivity index (χ2v) is 8.74. The summed E-state index contributed by atoms with van der Waals surface area (Å²) in [6.07, 6.45) is 0. The fraction of sp³-hybridized carbons (Fsp3) is 0. The first-order chi connectivity index (χ1) is 10.4. The number of hydrogen-bond donors (Lipinski definition) is 6. The zero-order valence-electron chi connectivity index (χ0n) is 12.5. The molecule has 0 heterocycles. The molecule has 26 heavy (non-hydrogen) atoms. The molecule has 0 aliphatic rings. The molecule has 0 aromatic rings. The van der Waals surface area contributed by atoms with Crippen molar-refractivity contribution < 1.29 is 40.5 Å². The molecular weight excluding hydrogens is 702 g/mol. The minimum Gasteiger partial charge on any atom is -0.415 e. The molecule has 20 heteroatoms. The molecule has 6 nitrogen and oxygen atoms in total. The van der Waals surface area contributed by atoms with Crippen LogP contribution in [0.3, 0.4) is 0 Å². The van der Waals surface area contributed by atoms with Crippen molar-refractivity contribution in [2.75, 3.05) is 0 Å². The Morgan fingerprint density at radius 3 is 0.385 bits per heavy atom. The molecule has 0 atom stereocenters. The molecule has 0 aromatic carbocycles. The summed E-state index contributed by atoms with van der Waals surface area (Å²) >= 11 is 49.6. The molecule has 0 fully saturated rings. The van der Waals surface area contributed by atoms with Gasteiger partial charge in [-0.2, -0.15) is 0 Å². The van der Waals surface area contributed by atoms with Gasteiger partial charge in [-0.05, 0) is 0 Å². The van der Waals surface area contributed by atoms with Gasteiger partial charge < -0.3 is 183 Å². The number of thiocarbonyl (C=S) groups is 6. The molecule has 0 rings (SSSR count). The zero-order valence-corrected chi connectivity index (χ0v) is 27.3. The van der Waals surface area contributed by atoms with Gasteiger partial charge in [0.15, 0.2) is 0 Å². The van der Waals surface area contributed by atoms with E-state index in [4.69, 9.17) is 0 Å². The fourth-order valence-corrected chi connectivity index (χ4v) is 0. The molecule has 0 aliphatic heterocycles. The molecule has 0 spiro atoms. The van der Waals surface area contributed by atoms with Crippen LogP contribution >= 0.6 is 73.3 Å². The van der Waals surface area contributed by atoms with E-state index in [0.29, 0.717) is 0 Å². The molecule has 0 saturated carbocycles. The van der Waals surface area contributed by atoms with Gasteiger partial charge in [0.1, 0.15) is 0 Å². The van der Waals surface area contributed by atoms with Crippen molar-refractivity contribution in [2.24, 2.45) is 34.4 Å². The van der Waals surface area contributed by atoms with Gasteiger partial charge in [-0.1, -0.05) is 25.9 Å². The van der Waals surface area contributed by atoms with Crippen molar-refractivity contribution in [1.82, 2.24) is 0 Å². The van der Waals surface area contributed by atoms with E-state index in [9.17, 15) is 0 Å². The third-order valence-corrected chi connectivity index (χ3v) is 0. The van der Waals surface area contributed by atoms with Crippen molar-refractivity contribution in [2.45, 2.75) is 0 Å². The predicted octanol–water partition coefficient (Wildman–Crippen LogP) is -1.34. The molecule has 0 aliphatic carbocycles. The van der Waals surface area contributed by atoms with Crippen LogP contribution in [0.15, 0.2) is 0 Å². The summed E-state index contributed by atoms with van der Waals surface area (Å²) in [5.74, 6) is 0. The van der Waals surface area contributed by atoms with E-state index in [1.165, 1.54) is 0 Å². The first kappa shape index (κ1) is 51.0. The average Bonchev–Trinajstić information content (AvgIpc) is 2.08. The van der Waals surface area contributed by atoms with Crippen LogP contribution in [-0.4, -0.2) is 25.9 Å². The number of nitrogens with two attached hydrogens (primary N) is 6. The van der Waals surface area contributed by atoms with E-state index >= 15 is 0 Å². The quantitative estimate of drug-likeness (QED) is 0.0995. The Bertz CT molecular complexity index is 279. The van der Waals surface area contributed by atoms with Crippen molar-refractivity contribution in [3.8, 4) is 0 Å². The van der Waals surface area contributed by atoms with Crippen molar-refractivity contribution in [3.05, 3.63) is 0 Å². The maximum atomic E-state index is 4.66. The predicted molar refractivity (Wildman–Crippen MR) is 145 cm³/mol. The normalized spacial score (nSPS) is 5.54. The van der Waals surface area contributed by atoms with Crippen LogP contribution in [0.2, 0.25) is 0 Å². The van der Waals surface area contributed by atoms with E-state index < -0.39 is 0 Å². The van der Waals surface area contributed by atoms with Crippen LogP contribution in [0.25, 0.3) is 0 Å². The summed E-state index contributed by atoms with van der Waals surface area (Å²) in [5, 5.41) is 0. The summed E-state index contributed by atoms with van der Waals surface area (Å²) in [7, 11) is 0. The van der Waals surface area contributed by atoms with Gasteiger partial charge in [-0.15, -0.1) is 0 Å². The number of rotatable bonds is 0. The van der Waals surface area contributed by atoms with Gasteiger partial charge in [-0.3, -0.25) is 0 Å². The summed E-state index contributed by atoms with van der Waals surface area (Å²) in [5.41, 5.74) is 27.9. The van der Waals surface area contributed by atoms with Crippen molar-refractivity contribution in [1.29, 1.82) is 0 Å². The summed E-state index contributed by atoms with van der Waals surface area (Å²) < 4.78 is 0.500. The Morgan fingerprint density at radius 1 is 0.385 bits per heavy atom. The zero-order chi connectivity index (χ0) is 21.5. The molecule has 0 saturated heterocycles.